The summed E-state index contributed by atoms with van der Waals surface area (Å²) in [5.41, 5.74) is 3.75. The van der Waals surface area contributed by atoms with E-state index in [1.54, 1.807) is 7.11 Å². The number of methoxy groups -OCH3 is 1. The predicted molar refractivity (Wildman–Crippen MR) is 133 cm³/mol. The molecule has 0 saturated carbocycles. The summed E-state index contributed by atoms with van der Waals surface area (Å²) in [7, 11) is 1.69. The lowest BCUT2D eigenvalue weighted by Crippen LogP contribution is -2.38. The molecule has 0 unspecified atom stereocenters. The fraction of sp³-hybridized carbons (Fsp3) is 0.348. The van der Waals surface area contributed by atoms with E-state index in [0.29, 0.717) is 6.54 Å². The number of nitrogens with one attached hydrogen (secondary N) is 2. The third kappa shape index (κ3) is 7.27. The highest BCUT2D eigenvalue weighted by atomic mass is 127. The van der Waals surface area contributed by atoms with Gasteiger partial charge in [-0.2, -0.15) is 0 Å². The molecule has 0 spiro atoms. The van der Waals surface area contributed by atoms with Gasteiger partial charge in [-0.15, -0.1) is 24.0 Å². The molecule has 0 saturated heterocycles. The van der Waals surface area contributed by atoms with Gasteiger partial charge in [0.25, 0.3) is 0 Å². The Bertz CT molecular complexity index is 780. The molecule has 1 heterocycles. The second-order valence-electron chi connectivity index (χ2n) is 6.76. The number of guanidine groups is 1. The van der Waals surface area contributed by atoms with Crippen LogP contribution in [0.2, 0.25) is 0 Å². The number of rotatable bonds is 8. The Balaban J connectivity index is 0.00000300. The topological polar surface area (TPSA) is 48.9 Å². The van der Waals surface area contributed by atoms with Gasteiger partial charge in [-0.25, -0.2) is 4.99 Å². The van der Waals surface area contributed by atoms with Crippen LogP contribution in [0.3, 0.4) is 0 Å². The van der Waals surface area contributed by atoms with Crippen LogP contribution in [-0.4, -0.2) is 39.2 Å². The van der Waals surface area contributed by atoms with Crippen molar-refractivity contribution in [2.24, 2.45) is 4.99 Å². The molecule has 0 radical (unpaired) electrons. The van der Waals surface area contributed by atoms with Crippen molar-refractivity contribution in [2.75, 3.05) is 38.2 Å². The fourth-order valence-corrected chi connectivity index (χ4v) is 3.13. The number of halogens is 1. The van der Waals surface area contributed by atoms with Crippen molar-refractivity contribution in [1.82, 2.24) is 10.6 Å². The van der Waals surface area contributed by atoms with Gasteiger partial charge >= 0.3 is 0 Å². The van der Waals surface area contributed by atoms with E-state index < -0.39 is 0 Å². The summed E-state index contributed by atoms with van der Waals surface area (Å²) >= 11 is 0. The third-order valence-corrected chi connectivity index (χ3v) is 4.75. The zero-order valence-corrected chi connectivity index (χ0v) is 19.6. The molecule has 0 aromatic heterocycles. The number of ether oxygens (including phenoxy) is 1. The first-order valence-corrected chi connectivity index (χ1v) is 9.92. The lowest BCUT2D eigenvalue weighted by Gasteiger charge is -2.17. The van der Waals surface area contributed by atoms with E-state index in [-0.39, 0.29) is 24.0 Å². The zero-order chi connectivity index (χ0) is 19.6. The van der Waals surface area contributed by atoms with E-state index in [1.807, 2.05) is 12.1 Å². The fourth-order valence-electron chi connectivity index (χ4n) is 3.13. The molecule has 0 amide bonds. The van der Waals surface area contributed by atoms with Crippen LogP contribution in [0.4, 0.5) is 5.69 Å². The molecule has 0 aliphatic carbocycles. The highest BCUT2D eigenvalue weighted by Gasteiger charge is 2.07. The first-order chi connectivity index (χ1) is 13.8. The number of hydrogen-bond acceptors (Lipinski definition) is 3. The van der Waals surface area contributed by atoms with Gasteiger partial charge in [0.1, 0.15) is 5.75 Å². The molecule has 3 rings (SSSR count). The molecule has 5 nitrogen and oxygen atoms in total. The minimum Gasteiger partial charge on any atom is -0.497 e. The van der Waals surface area contributed by atoms with Gasteiger partial charge in [0.2, 0.25) is 0 Å². The molecule has 156 valence electrons. The van der Waals surface area contributed by atoms with Crippen molar-refractivity contribution >= 4 is 35.6 Å². The quantitative estimate of drug-likeness (QED) is 0.246. The summed E-state index contributed by atoms with van der Waals surface area (Å²) in [5, 5.41) is 6.73. The predicted octanol–water partition coefficient (Wildman–Crippen LogP) is 3.99. The Morgan fingerprint density at radius 1 is 0.966 bits per heavy atom. The molecule has 1 aliphatic heterocycles. The molecule has 6 heteroatoms. The average molecular weight is 506 g/mol. The number of benzene rings is 2. The van der Waals surface area contributed by atoms with Crippen molar-refractivity contribution in [3.63, 3.8) is 0 Å². The number of aliphatic imine (C=N–C) groups is 1. The van der Waals surface area contributed by atoms with Crippen molar-refractivity contribution in [2.45, 2.75) is 19.9 Å². The van der Waals surface area contributed by atoms with Gasteiger partial charge in [0.15, 0.2) is 5.96 Å². The van der Waals surface area contributed by atoms with Crippen LogP contribution in [0.25, 0.3) is 0 Å². The Morgan fingerprint density at radius 3 is 2.24 bits per heavy atom. The molecule has 29 heavy (non-hydrogen) atoms. The molecule has 2 N–H and O–H groups in total. The van der Waals surface area contributed by atoms with Crippen molar-refractivity contribution in [3.05, 3.63) is 71.8 Å². The molecular formula is C23H31IN4O. The van der Waals surface area contributed by atoms with E-state index >= 15 is 0 Å². The van der Waals surface area contributed by atoms with Crippen molar-refractivity contribution < 1.29 is 4.74 Å². The normalized spacial score (nSPS) is 13.2. The molecule has 0 fully saturated rings. The first-order valence-electron chi connectivity index (χ1n) is 9.92. The largest absolute Gasteiger partial charge is 0.497 e. The third-order valence-electron chi connectivity index (χ3n) is 4.75. The standard InChI is InChI=1S/C23H30N4O.HI/c1-3-24-23(25-15-14-19-8-12-22(28-2)13-9-19)26-18-20-6-10-21(11-7-20)27-16-4-5-17-27;/h4-13H,3,14-18H2,1-2H3,(H2,24,25,26);1H. The lowest BCUT2D eigenvalue weighted by molar-refractivity contribution is 0.414. The van der Waals surface area contributed by atoms with E-state index in [1.165, 1.54) is 16.8 Å². The van der Waals surface area contributed by atoms with Crippen LogP contribution in [0, 0.1) is 0 Å². The van der Waals surface area contributed by atoms with E-state index in [2.05, 4.69) is 71.0 Å². The smallest absolute Gasteiger partial charge is 0.191 e. The Labute approximate surface area is 191 Å². The molecule has 0 atom stereocenters. The number of anilines is 1. The zero-order valence-electron chi connectivity index (χ0n) is 17.2. The van der Waals surface area contributed by atoms with Crippen LogP contribution in [0.15, 0.2) is 65.7 Å². The highest BCUT2D eigenvalue weighted by Crippen LogP contribution is 2.18. The van der Waals surface area contributed by atoms with Gasteiger partial charge in [0, 0.05) is 31.9 Å². The Morgan fingerprint density at radius 2 is 1.62 bits per heavy atom. The lowest BCUT2D eigenvalue weighted by atomic mass is 10.1. The number of hydrogen-bond donors (Lipinski definition) is 2. The highest BCUT2D eigenvalue weighted by molar-refractivity contribution is 14.0. The van der Waals surface area contributed by atoms with Crippen LogP contribution in [0.1, 0.15) is 18.1 Å². The number of nitrogens with zero attached hydrogens (tertiary/aromatic N) is 2. The van der Waals surface area contributed by atoms with Crippen molar-refractivity contribution in [3.8, 4) is 5.75 Å². The molecule has 2 aromatic carbocycles. The molecule has 2 aromatic rings. The van der Waals surface area contributed by atoms with Gasteiger partial charge < -0.3 is 20.3 Å². The molecular weight excluding hydrogens is 475 g/mol. The average Bonchev–Trinajstić information content (AvgIpc) is 3.28. The maximum Gasteiger partial charge on any atom is 0.191 e. The van der Waals surface area contributed by atoms with E-state index in [9.17, 15) is 0 Å². The minimum atomic E-state index is 0. The van der Waals surface area contributed by atoms with Gasteiger partial charge in [-0.3, -0.25) is 0 Å². The summed E-state index contributed by atoms with van der Waals surface area (Å²) in [4.78, 5) is 7.06. The SMILES string of the molecule is CCNC(=NCc1ccc(N2CC=CC2)cc1)NCCc1ccc(OC)cc1.I. The van der Waals surface area contributed by atoms with Crippen molar-refractivity contribution in [1.29, 1.82) is 0 Å². The Kier molecular flexibility index (Phi) is 9.83. The van der Waals surface area contributed by atoms with Gasteiger partial charge in [0.05, 0.1) is 13.7 Å². The van der Waals surface area contributed by atoms with Crippen LogP contribution >= 0.6 is 24.0 Å². The molecule has 1 aliphatic rings. The van der Waals surface area contributed by atoms with E-state index in [0.717, 1.165) is 44.3 Å². The summed E-state index contributed by atoms with van der Waals surface area (Å²) in [5.74, 6) is 1.74. The molecule has 0 bridgehead atoms. The summed E-state index contributed by atoms with van der Waals surface area (Å²) in [6, 6.07) is 16.9. The summed E-state index contributed by atoms with van der Waals surface area (Å²) < 4.78 is 5.20. The van der Waals surface area contributed by atoms with Gasteiger partial charge in [-0.1, -0.05) is 36.4 Å². The first kappa shape index (κ1) is 23.1. The second-order valence-corrected chi connectivity index (χ2v) is 6.76. The maximum absolute atomic E-state index is 5.20. The van der Waals surface area contributed by atoms with Gasteiger partial charge in [-0.05, 0) is 48.7 Å². The van der Waals surface area contributed by atoms with Crippen LogP contribution in [0.5, 0.6) is 5.75 Å². The minimum absolute atomic E-state index is 0. The Hall–Kier alpha value is -2.22. The van der Waals surface area contributed by atoms with Crippen LogP contribution < -0.4 is 20.3 Å². The summed E-state index contributed by atoms with van der Waals surface area (Å²) in [6.45, 7) is 6.42. The second kappa shape index (κ2) is 12.4. The summed E-state index contributed by atoms with van der Waals surface area (Å²) in [6.07, 6.45) is 5.35. The van der Waals surface area contributed by atoms with E-state index in [4.69, 9.17) is 9.73 Å². The monoisotopic (exact) mass is 506 g/mol. The van der Waals surface area contributed by atoms with Crippen LogP contribution in [-0.2, 0) is 13.0 Å². The maximum atomic E-state index is 5.20.